The minimum atomic E-state index is -3.99. The number of hydrogen-bond donors (Lipinski definition) is 9. The van der Waals surface area contributed by atoms with Gasteiger partial charge in [0.1, 0.15) is 33.0 Å². The van der Waals surface area contributed by atoms with Gasteiger partial charge in [-0.2, -0.15) is 0 Å². The fraction of sp³-hybridized carbons (Fsp3) is 0.241. The van der Waals surface area contributed by atoms with Crippen molar-refractivity contribution >= 4 is 134 Å². The van der Waals surface area contributed by atoms with Crippen LogP contribution in [0.4, 0.5) is 34.1 Å². The second-order valence-electron chi connectivity index (χ2n) is 26.4. The fourth-order valence-electron chi connectivity index (χ4n) is 10.5. The number of aromatic hydroxyl groups is 3. The quantitative estimate of drug-likeness (QED) is 0.0320. The smallest absolute Gasteiger partial charge is 0.255 e. The molecule has 0 aromatic heterocycles. The standard InChI is InChI=1S/C28H31ClN2O5S.C26H27ClN2O5S.C25H25ClN2O5S/c1-6-25(37(35,36)20-13-11-19(12-14-20)28(3,4)5)27(34)30-22-16-24(32)23(15-21(22)29)31-26(33)18-9-7-17(2)8-10-18;1-5-24(35(33,34)19-11-16(3)10-17(4)12-19)26(32)28-21-14-23(30)22(13-20(21)27)29-25(31)18-8-6-15(2)7-9-18;1-14-5-8-18(9-6-14)25(31)28-22-12-20(26)21(13-23(22)29)27-24(30)17(4)34(32,33)19-10-7-15(2)16(3)11-19/h7-16,25,32H,6H2,1-5H3,(H,30,34)(H,31,33);6-14,24,30H,5H2,1-4H3,(H,28,32)(H,29,31);5-13,17,29H,1-4H3,(H,27,30)(H,28,31). The Morgan fingerprint density at radius 3 is 1.00 bits per heavy atom. The first kappa shape index (κ1) is 83.2. The van der Waals surface area contributed by atoms with Crippen LogP contribution >= 0.6 is 34.8 Å². The molecule has 0 fully saturated rings. The van der Waals surface area contributed by atoms with Crippen molar-refractivity contribution in [2.45, 2.75) is 139 Å². The molecule has 0 aliphatic rings. The van der Waals surface area contributed by atoms with Crippen molar-refractivity contribution < 1.29 is 69.3 Å². The Balaban J connectivity index is 0.000000222. The zero-order valence-electron chi connectivity index (χ0n) is 60.4. The van der Waals surface area contributed by atoms with Crippen LogP contribution in [0.25, 0.3) is 0 Å². The average molecular weight is 1560 g/mol. The van der Waals surface area contributed by atoms with E-state index < -0.39 is 80.7 Å². The van der Waals surface area contributed by atoms with Gasteiger partial charge in [0.2, 0.25) is 17.7 Å². The molecular weight excluding hydrogens is 1480 g/mol. The van der Waals surface area contributed by atoms with Crippen LogP contribution in [0.3, 0.4) is 0 Å². The van der Waals surface area contributed by atoms with Crippen LogP contribution in [0.5, 0.6) is 17.2 Å². The fourth-order valence-corrected chi connectivity index (χ4v) is 15.9. The molecule has 558 valence electrons. The predicted octanol–water partition coefficient (Wildman–Crippen LogP) is 16.5. The van der Waals surface area contributed by atoms with Gasteiger partial charge in [0.15, 0.2) is 29.5 Å². The highest BCUT2D eigenvalue weighted by atomic mass is 35.5. The molecule has 21 nitrogen and oxygen atoms in total. The zero-order chi connectivity index (χ0) is 78.7. The molecule has 0 heterocycles. The number of aryl methyl sites for hydroxylation is 7. The van der Waals surface area contributed by atoms with Crippen LogP contribution in [-0.2, 0) is 49.3 Å². The lowest BCUT2D eigenvalue weighted by atomic mass is 9.87. The van der Waals surface area contributed by atoms with E-state index in [2.05, 4.69) is 31.9 Å². The Morgan fingerprint density at radius 1 is 0.358 bits per heavy atom. The number of halogens is 3. The second kappa shape index (κ2) is 34.9. The summed E-state index contributed by atoms with van der Waals surface area (Å²) in [7, 11) is -11.9. The number of anilines is 6. The molecule has 9 N–H and O–H groups in total. The SMILES string of the molecule is CCC(C(=O)Nc1cc(O)c(NC(=O)c2ccc(C)cc2)cc1Cl)S(=O)(=O)c1cc(C)cc(C)c1.CCC(C(=O)Nc1cc(O)c(NC(=O)c2ccc(C)cc2)cc1Cl)S(=O)(=O)c1ccc(C(C)(C)C)cc1.Cc1ccc(C(=O)Nc2cc(Cl)c(NC(=O)C(C)S(=O)(=O)c3ccc(C)c(C)c3)cc2O)cc1. The van der Waals surface area contributed by atoms with Crippen LogP contribution in [0.15, 0.2) is 185 Å². The van der Waals surface area contributed by atoms with Crippen LogP contribution in [0.1, 0.15) is 130 Å². The number of sulfone groups is 3. The molecule has 0 spiro atoms. The van der Waals surface area contributed by atoms with Crippen molar-refractivity contribution in [2.75, 3.05) is 31.9 Å². The molecule has 9 aromatic carbocycles. The summed E-state index contributed by atoms with van der Waals surface area (Å²) in [6, 6.07) is 44.1. The number of phenols is 3. The lowest BCUT2D eigenvalue weighted by Crippen LogP contribution is -2.35. The van der Waals surface area contributed by atoms with E-state index in [9.17, 15) is 69.3 Å². The molecule has 0 saturated carbocycles. The summed E-state index contributed by atoms with van der Waals surface area (Å²) >= 11 is 18.8. The van der Waals surface area contributed by atoms with Crippen LogP contribution in [0.2, 0.25) is 15.1 Å². The summed E-state index contributed by atoms with van der Waals surface area (Å²) in [5.74, 6) is -4.72. The summed E-state index contributed by atoms with van der Waals surface area (Å²) in [5.41, 5.74) is 8.48. The van der Waals surface area contributed by atoms with Gasteiger partial charge in [0.05, 0.1) is 63.9 Å². The van der Waals surface area contributed by atoms with Gasteiger partial charge in [-0.05, 0) is 192 Å². The zero-order valence-corrected chi connectivity index (χ0v) is 65.1. The highest BCUT2D eigenvalue weighted by Crippen LogP contribution is 2.39. The highest BCUT2D eigenvalue weighted by Gasteiger charge is 2.36. The number of benzene rings is 9. The number of nitrogens with one attached hydrogen (secondary N) is 6. The predicted molar refractivity (Wildman–Crippen MR) is 419 cm³/mol. The Labute approximate surface area is 632 Å². The van der Waals surface area contributed by atoms with E-state index in [0.717, 1.165) is 50.6 Å². The topological polar surface area (TPSA) is 338 Å². The van der Waals surface area contributed by atoms with Crippen molar-refractivity contribution in [3.63, 3.8) is 0 Å². The first-order valence-electron chi connectivity index (χ1n) is 33.2. The second-order valence-corrected chi connectivity index (χ2v) is 34.1. The third-order valence-electron chi connectivity index (χ3n) is 17.0. The van der Waals surface area contributed by atoms with E-state index in [1.165, 1.54) is 73.7 Å². The minimum Gasteiger partial charge on any atom is -0.506 e. The van der Waals surface area contributed by atoms with Crippen molar-refractivity contribution in [1.29, 1.82) is 0 Å². The number of amides is 6. The summed E-state index contributed by atoms with van der Waals surface area (Å²) < 4.78 is 78.7. The minimum absolute atomic E-state index is 0.0136. The van der Waals surface area contributed by atoms with Gasteiger partial charge >= 0.3 is 0 Å². The van der Waals surface area contributed by atoms with Crippen LogP contribution in [0, 0.1) is 48.5 Å². The molecule has 106 heavy (non-hydrogen) atoms. The average Bonchev–Trinajstić information content (AvgIpc) is 0.801. The third-order valence-corrected chi connectivity index (χ3v) is 24.4. The van der Waals surface area contributed by atoms with Gasteiger partial charge in [0.25, 0.3) is 17.7 Å². The van der Waals surface area contributed by atoms with E-state index in [1.54, 1.807) is 126 Å². The maximum Gasteiger partial charge on any atom is 0.255 e. The lowest BCUT2D eigenvalue weighted by molar-refractivity contribution is -0.116. The molecule has 0 saturated heterocycles. The van der Waals surface area contributed by atoms with E-state index in [0.29, 0.717) is 16.7 Å². The lowest BCUT2D eigenvalue weighted by Gasteiger charge is -2.20. The van der Waals surface area contributed by atoms with Gasteiger partial charge < -0.3 is 47.2 Å². The highest BCUT2D eigenvalue weighted by molar-refractivity contribution is 7.93. The molecule has 3 atom stereocenters. The molecule has 9 rings (SSSR count). The summed E-state index contributed by atoms with van der Waals surface area (Å²) in [4.78, 5) is 76.3. The van der Waals surface area contributed by atoms with Crippen LogP contribution in [-0.4, -0.2) is 91.8 Å². The molecule has 0 aliphatic carbocycles. The summed E-state index contributed by atoms with van der Waals surface area (Å²) in [6.45, 7) is 23.5. The van der Waals surface area contributed by atoms with E-state index in [-0.39, 0.29) is 99.4 Å². The van der Waals surface area contributed by atoms with Gasteiger partial charge in [-0.15, -0.1) is 0 Å². The van der Waals surface area contributed by atoms with Crippen molar-refractivity contribution in [2.24, 2.45) is 0 Å². The number of phenolic OH excluding ortho intramolecular Hbond substituents is 3. The molecular formula is C79H83Cl3N6O15S3. The molecule has 9 aromatic rings. The molecule has 0 aliphatic heterocycles. The molecule has 6 amide bonds. The first-order chi connectivity index (χ1) is 49.5. The Morgan fingerprint density at radius 2 is 0.679 bits per heavy atom. The number of carbonyl (C=O) groups is 6. The van der Waals surface area contributed by atoms with Crippen LogP contribution < -0.4 is 31.9 Å². The monoisotopic (exact) mass is 1560 g/mol. The van der Waals surface area contributed by atoms with Crippen molar-refractivity contribution in [1.82, 2.24) is 0 Å². The third kappa shape index (κ3) is 20.9. The van der Waals surface area contributed by atoms with Crippen molar-refractivity contribution in [3.05, 3.63) is 246 Å². The van der Waals surface area contributed by atoms with Gasteiger partial charge in [0, 0.05) is 34.9 Å². The van der Waals surface area contributed by atoms with Gasteiger partial charge in [-0.25, -0.2) is 25.3 Å². The van der Waals surface area contributed by atoms with E-state index in [4.69, 9.17) is 34.8 Å². The van der Waals surface area contributed by atoms with Crippen molar-refractivity contribution in [3.8, 4) is 17.2 Å². The summed E-state index contributed by atoms with van der Waals surface area (Å²) in [5, 5.41) is 42.3. The largest absolute Gasteiger partial charge is 0.506 e. The Kier molecular flexibility index (Phi) is 27.4. The molecule has 0 bridgehead atoms. The Hall–Kier alpha value is -10.1. The van der Waals surface area contributed by atoms with Gasteiger partial charge in [-0.3, -0.25) is 28.8 Å². The maximum absolute atomic E-state index is 13.2. The number of rotatable bonds is 20. The molecule has 0 radical (unpaired) electrons. The number of hydrogen-bond acceptors (Lipinski definition) is 15. The van der Waals surface area contributed by atoms with Gasteiger partial charge in [-0.1, -0.05) is 147 Å². The summed E-state index contributed by atoms with van der Waals surface area (Å²) in [6.07, 6.45) is 0.0684. The number of carbonyl (C=O) groups excluding carboxylic acids is 6. The maximum atomic E-state index is 13.2. The van der Waals surface area contributed by atoms with E-state index >= 15 is 0 Å². The Bertz CT molecular complexity index is 5170. The normalized spacial score (nSPS) is 12.3. The first-order valence-corrected chi connectivity index (χ1v) is 38.9. The molecule has 27 heteroatoms. The molecule has 3 unspecified atom stereocenters. The van der Waals surface area contributed by atoms with E-state index in [1.807, 2.05) is 54.5 Å².